The molecule has 1 amide bonds. The Labute approximate surface area is 123 Å². The average molecular weight is 289 g/mol. The number of hydrogen-bond acceptors (Lipinski definition) is 5. The molecule has 1 heterocycles. The Balaban J connectivity index is 1.87. The predicted molar refractivity (Wildman–Crippen MR) is 79.3 cm³/mol. The fourth-order valence-electron chi connectivity index (χ4n) is 3.02. The summed E-state index contributed by atoms with van der Waals surface area (Å²) < 4.78 is 10.2. The first kappa shape index (κ1) is 13.9. The molecule has 112 valence electrons. The van der Waals surface area contributed by atoms with Gasteiger partial charge in [0.1, 0.15) is 18.8 Å². The minimum atomic E-state index is -0.279. The third-order valence-electron chi connectivity index (χ3n) is 4.02. The summed E-state index contributed by atoms with van der Waals surface area (Å²) in [5.41, 5.74) is 8.58. The number of amidine groups is 1. The van der Waals surface area contributed by atoms with Gasteiger partial charge in [-0.3, -0.25) is 4.79 Å². The zero-order chi connectivity index (χ0) is 14.9. The van der Waals surface area contributed by atoms with Crippen molar-refractivity contribution in [1.29, 1.82) is 0 Å². The summed E-state index contributed by atoms with van der Waals surface area (Å²) in [6.07, 6.45) is 2.55. The third-order valence-corrected chi connectivity index (χ3v) is 4.02. The molecule has 1 spiro atoms. The Kier molecular flexibility index (Phi) is 3.55. The fraction of sp³-hybridized carbons (Fsp3) is 0.467. The van der Waals surface area contributed by atoms with Crippen molar-refractivity contribution in [2.45, 2.75) is 24.8 Å². The van der Waals surface area contributed by atoms with Crippen LogP contribution in [0.1, 0.15) is 17.5 Å². The van der Waals surface area contributed by atoms with E-state index in [1.165, 1.54) is 12.7 Å². The zero-order valence-corrected chi connectivity index (χ0v) is 12.0. The first-order chi connectivity index (χ1) is 10.1. The standard InChI is InChI=1S/C15H19N3O3/c1-20-8-13(19)17-12-4-2-3-10-5-6-15(7-11(10)12)9-21-14(16)18-15/h2-4H,5-9H2,1H3,(H2,16,18)(H,17,19). The Morgan fingerprint density at radius 1 is 1.57 bits per heavy atom. The summed E-state index contributed by atoms with van der Waals surface area (Å²) in [7, 11) is 1.50. The summed E-state index contributed by atoms with van der Waals surface area (Å²) in [6, 6.07) is 6.23. The number of ether oxygens (including phenoxy) is 2. The molecule has 1 unspecified atom stereocenters. The molecular formula is C15H19N3O3. The van der Waals surface area contributed by atoms with Crippen LogP contribution in [0.5, 0.6) is 0 Å². The van der Waals surface area contributed by atoms with Crippen LogP contribution in [0.3, 0.4) is 0 Å². The molecule has 21 heavy (non-hydrogen) atoms. The highest BCUT2D eigenvalue weighted by Gasteiger charge is 2.40. The second kappa shape index (κ2) is 5.37. The number of nitrogens with one attached hydrogen (secondary N) is 1. The van der Waals surface area contributed by atoms with E-state index >= 15 is 0 Å². The molecule has 6 nitrogen and oxygen atoms in total. The molecule has 1 aliphatic heterocycles. The molecule has 3 N–H and O–H groups in total. The zero-order valence-electron chi connectivity index (χ0n) is 12.0. The van der Waals surface area contributed by atoms with Gasteiger partial charge in [-0.05, 0) is 30.0 Å². The van der Waals surface area contributed by atoms with E-state index < -0.39 is 0 Å². The predicted octanol–water partition coefficient (Wildman–Crippen LogP) is 0.844. The van der Waals surface area contributed by atoms with Gasteiger partial charge < -0.3 is 20.5 Å². The van der Waals surface area contributed by atoms with Crippen LogP contribution in [0.15, 0.2) is 23.2 Å². The number of benzene rings is 1. The van der Waals surface area contributed by atoms with Crippen molar-refractivity contribution in [3.05, 3.63) is 29.3 Å². The van der Waals surface area contributed by atoms with Crippen LogP contribution in [0.25, 0.3) is 0 Å². The van der Waals surface area contributed by atoms with Crippen molar-refractivity contribution in [1.82, 2.24) is 0 Å². The Hall–Kier alpha value is -2.08. The molecule has 1 aromatic rings. The van der Waals surface area contributed by atoms with Gasteiger partial charge in [-0.25, -0.2) is 4.99 Å². The van der Waals surface area contributed by atoms with Crippen molar-refractivity contribution in [3.8, 4) is 0 Å². The number of nitrogens with two attached hydrogens (primary N) is 1. The lowest BCUT2D eigenvalue weighted by Gasteiger charge is -2.31. The number of aryl methyl sites for hydroxylation is 1. The molecule has 0 saturated carbocycles. The minimum absolute atomic E-state index is 0.0447. The largest absolute Gasteiger partial charge is 0.463 e. The fourth-order valence-corrected chi connectivity index (χ4v) is 3.02. The first-order valence-electron chi connectivity index (χ1n) is 7.00. The Morgan fingerprint density at radius 3 is 3.14 bits per heavy atom. The Bertz CT molecular complexity index is 600. The van der Waals surface area contributed by atoms with E-state index in [-0.39, 0.29) is 24.1 Å². The average Bonchev–Trinajstić information content (AvgIpc) is 2.81. The third kappa shape index (κ3) is 2.71. The van der Waals surface area contributed by atoms with Crippen LogP contribution in [-0.4, -0.2) is 37.8 Å². The second-order valence-corrected chi connectivity index (χ2v) is 5.56. The summed E-state index contributed by atoms with van der Waals surface area (Å²) in [5.74, 6) is -0.156. The monoisotopic (exact) mass is 289 g/mol. The van der Waals surface area contributed by atoms with Crippen LogP contribution in [0, 0.1) is 0 Å². The van der Waals surface area contributed by atoms with Gasteiger partial charge in [-0.15, -0.1) is 0 Å². The van der Waals surface area contributed by atoms with Gasteiger partial charge in [0.2, 0.25) is 5.91 Å². The minimum Gasteiger partial charge on any atom is -0.463 e. The van der Waals surface area contributed by atoms with E-state index in [9.17, 15) is 4.79 Å². The number of carbonyl (C=O) groups is 1. The molecule has 1 aromatic carbocycles. The molecule has 0 radical (unpaired) electrons. The van der Waals surface area contributed by atoms with Crippen molar-refractivity contribution in [2.75, 3.05) is 25.6 Å². The molecule has 2 aliphatic rings. The highest BCUT2D eigenvalue weighted by Crippen LogP contribution is 2.37. The van der Waals surface area contributed by atoms with Gasteiger partial charge >= 0.3 is 0 Å². The van der Waals surface area contributed by atoms with E-state index in [1.54, 1.807) is 0 Å². The SMILES string of the molecule is COCC(=O)Nc1cccc2c1CC1(CC2)COC(N)=N1. The number of carbonyl (C=O) groups excluding carboxylic acids is 1. The molecule has 0 fully saturated rings. The number of anilines is 1. The number of methoxy groups -OCH3 is 1. The number of amides is 1. The molecule has 0 saturated heterocycles. The van der Waals surface area contributed by atoms with Crippen LogP contribution < -0.4 is 11.1 Å². The summed E-state index contributed by atoms with van der Waals surface area (Å²) in [5, 5.41) is 2.90. The van der Waals surface area contributed by atoms with Crippen molar-refractivity contribution in [3.63, 3.8) is 0 Å². The van der Waals surface area contributed by atoms with Gasteiger partial charge in [0.05, 0.1) is 0 Å². The van der Waals surface area contributed by atoms with Crippen LogP contribution in [0.2, 0.25) is 0 Å². The van der Waals surface area contributed by atoms with E-state index in [0.29, 0.717) is 6.61 Å². The molecule has 0 bridgehead atoms. The molecule has 1 atom stereocenters. The quantitative estimate of drug-likeness (QED) is 0.863. The van der Waals surface area contributed by atoms with Crippen LogP contribution >= 0.6 is 0 Å². The topological polar surface area (TPSA) is 85.9 Å². The van der Waals surface area contributed by atoms with Crippen LogP contribution in [0.4, 0.5) is 5.69 Å². The van der Waals surface area contributed by atoms with Crippen LogP contribution in [-0.2, 0) is 27.1 Å². The van der Waals surface area contributed by atoms with E-state index in [1.807, 2.05) is 12.1 Å². The molecule has 0 aromatic heterocycles. The number of rotatable bonds is 3. The van der Waals surface area contributed by atoms with Gasteiger partial charge in [-0.1, -0.05) is 12.1 Å². The van der Waals surface area contributed by atoms with Crippen molar-refractivity contribution in [2.24, 2.45) is 10.7 Å². The van der Waals surface area contributed by atoms with E-state index in [2.05, 4.69) is 16.4 Å². The molecule has 3 rings (SSSR count). The lowest BCUT2D eigenvalue weighted by molar-refractivity contribution is -0.119. The lowest BCUT2D eigenvalue weighted by atomic mass is 9.78. The number of fused-ring (bicyclic) bond motifs is 1. The van der Waals surface area contributed by atoms with E-state index in [0.717, 1.165) is 30.5 Å². The number of nitrogens with zero attached hydrogens (tertiary/aromatic N) is 1. The van der Waals surface area contributed by atoms with Gasteiger partial charge in [0.15, 0.2) is 0 Å². The van der Waals surface area contributed by atoms with Gasteiger partial charge in [0.25, 0.3) is 6.02 Å². The molecule has 6 heteroatoms. The summed E-state index contributed by atoms with van der Waals surface area (Å²) in [6.45, 7) is 0.557. The maximum atomic E-state index is 11.8. The highest BCUT2D eigenvalue weighted by molar-refractivity contribution is 5.92. The summed E-state index contributed by atoms with van der Waals surface area (Å²) >= 11 is 0. The normalized spacial score (nSPS) is 23.4. The van der Waals surface area contributed by atoms with Crippen molar-refractivity contribution >= 4 is 17.6 Å². The first-order valence-corrected chi connectivity index (χ1v) is 7.00. The summed E-state index contributed by atoms with van der Waals surface area (Å²) in [4.78, 5) is 16.2. The second-order valence-electron chi connectivity index (χ2n) is 5.56. The maximum Gasteiger partial charge on any atom is 0.282 e. The molecular weight excluding hydrogens is 270 g/mol. The number of hydrogen-bond donors (Lipinski definition) is 2. The van der Waals surface area contributed by atoms with Gasteiger partial charge in [-0.2, -0.15) is 0 Å². The van der Waals surface area contributed by atoms with Crippen molar-refractivity contribution < 1.29 is 14.3 Å². The Morgan fingerprint density at radius 2 is 2.43 bits per heavy atom. The van der Waals surface area contributed by atoms with E-state index in [4.69, 9.17) is 15.2 Å². The lowest BCUT2D eigenvalue weighted by Crippen LogP contribution is -2.36. The van der Waals surface area contributed by atoms with Gasteiger partial charge in [0, 0.05) is 19.2 Å². The maximum absolute atomic E-state index is 11.8. The highest BCUT2D eigenvalue weighted by atomic mass is 16.5. The molecule has 1 aliphatic carbocycles. The smallest absolute Gasteiger partial charge is 0.282 e. The number of aliphatic imine (C=N–C) groups is 1.